The molecule has 1 aromatic heterocycles. The van der Waals surface area contributed by atoms with Gasteiger partial charge in [-0.1, -0.05) is 18.2 Å². The van der Waals surface area contributed by atoms with Crippen molar-refractivity contribution in [3.63, 3.8) is 0 Å². The van der Waals surface area contributed by atoms with Gasteiger partial charge in [0.1, 0.15) is 6.04 Å². The molecule has 0 saturated heterocycles. The molecule has 24 heavy (non-hydrogen) atoms. The van der Waals surface area contributed by atoms with Crippen LogP contribution in [0.15, 0.2) is 35.6 Å². The van der Waals surface area contributed by atoms with Gasteiger partial charge in [0.2, 0.25) is 5.91 Å². The lowest BCUT2D eigenvalue weighted by molar-refractivity contribution is -0.128. The fourth-order valence-electron chi connectivity index (χ4n) is 3.08. The first-order valence-electron chi connectivity index (χ1n) is 8.31. The molecule has 3 rings (SSSR count). The highest BCUT2D eigenvalue weighted by atomic mass is 16.2. The van der Waals surface area contributed by atoms with Crippen molar-refractivity contribution in [2.24, 2.45) is 5.10 Å². The maximum atomic E-state index is 12.5. The molecule has 2 aromatic rings. The molecule has 6 nitrogen and oxygen atoms in total. The van der Waals surface area contributed by atoms with Crippen molar-refractivity contribution in [3.8, 4) is 0 Å². The van der Waals surface area contributed by atoms with Gasteiger partial charge in [-0.15, -0.1) is 0 Å². The molecule has 0 radical (unpaired) electrons. The molecule has 1 aromatic carbocycles. The zero-order chi connectivity index (χ0) is 16.9. The first-order chi connectivity index (χ1) is 11.6. The van der Waals surface area contributed by atoms with Crippen molar-refractivity contribution in [1.29, 1.82) is 0 Å². The monoisotopic (exact) mass is 326 g/mol. The fraction of sp³-hybridized carbons (Fsp3) is 0.389. The van der Waals surface area contributed by atoms with Gasteiger partial charge in [0.25, 0.3) is 5.91 Å². The van der Waals surface area contributed by atoms with E-state index in [0.29, 0.717) is 6.42 Å². The Balaban J connectivity index is 1.74. The summed E-state index contributed by atoms with van der Waals surface area (Å²) in [6.07, 6.45) is 6.43. The maximum absolute atomic E-state index is 12.5. The molecule has 6 heteroatoms. The molecule has 0 spiro atoms. The summed E-state index contributed by atoms with van der Waals surface area (Å²) in [7, 11) is 0. The zero-order valence-electron chi connectivity index (χ0n) is 13.8. The molecule has 0 aliphatic heterocycles. The van der Waals surface area contributed by atoms with Crippen LogP contribution in [0.25, 0.3) is 10.9 Å². The number of aromatic amines is 1. The molecule has 1 heterocycles. The van der Waals surface area contributed by atoms with E-state index in [1.54, 1.807) is 0 Å². The number of benzene rings is 1. The normalized spacial score (nSPS) is 15.3. The Morgan fingerprint density at radius 1 is 1.25 bits per heavy atom. The average Bonchev–Trinajstić information content (AvgIpc) is 3.22. The number of carbonyl (C=O) groups excluding carboxylic acids is 2. The van der Waals surface area contributed by atoms with Gasteiger partial charge < -0.3 is 10.3 Å². The second-order valence-electron chi connectivity index (χ2n) is 6.18. The number of para-hydroxylation sites is 1. The van der Waals surface area contributed by atoms with E-state index in [0.717, 1.165) is 47.9 Å². The molecule has 1 atom stereocenters. The van der Waals surface area contributed by atoms with E-state index in [2.05, 4.69) is 20.8 Å². The number of rotatable bonds is 5. The summed E-state index contributed by atoms with van der Waals surface area (Å²) in [6, 6.07) is 7.26. The third kappa shape index (κ3) is 3.82. The van der Waals surface area contributed by atoms with E-state index in [-0.39, 0.29) is 11.8 Å². The van der Waals surface area contributed by atoms with Crippen LogP contribution in [-0.4, -0.2) is 28.6 Å². The van der Waals surface area contributed by atoms with E-state index in [4.69, 9.17) is 0 Å². The second-order valence-corrected chi connectivity index (χ2v) is 6.18. The van der Waals surface area contributed by atoms with Gasteiger partial charge in [-0.05, 0) is 37.3 Å². The van der Waals surface area contributed by atoms with Crippen molar-refractivity contribution in [3.05, 3.63) is 36.0 Å². The van der Waals surface area contributed by atoms with Crippen LogP contribution in [0.3, 0.4) is 0 Å². The van der Waals surface area contributed by atoms with Crippen LogP contribution >= 0.6 is 0 Å². The van der Waals surface area contributed by atoms with Crippen molar-refractivity contribution >= 4 is 28.4 Å². The van der Waals surface area contributed by atoms with Crippen LogP contribution in [0.2, 0.25) is 0 Å². The van der Waals surface area contributed by atoms with E-state index in [1.807, 2.05) is 30.5 Å². The first-order valence-corrected chi connectivity index (χ1v) is 8.31. The van der Waals surface area contributed by atoms with Crippen molar-refractivity contribution in [2.75, 3.05) is 0 Å². The van der Waals surface area contributed by atoms with Crippen LogP contribution in [0, 0.1) is 0 Å². The van der Waals surface area contributed by atoms with Crippen molar-refractivity contribution < 1.29 is 9.59 Å². The largest absolute Gasteiger partial charge is 0.361 e. The number of nitrogens with zero attached hydrogens (tertiary/aromatic N) is 1. The minimum Gasteiger partial charge on any atom is -0.361 e. The first kappa shape index (κ1) is 16.2. The molecule has 1 unspecified atom stereocenters. The Labute approximate surface area is 140 Å². The van der Waals surface area contributed by atoms with Crippen LogP contribution in [0.1, 0.15) is 38.2 Å². The van der Waals surface area contributed by atoms with Crippen LogP contribution in [-0.2, 0) is 16.0 Å². The Bertz CT molecular complexity index is 770. The van der Waals surface area contributed by atoms with E-state index in [9.17, 15) is 9.59 Å². The van der Waals surface area contributed by atoms with Gasteiger partial charge in [-0.2, -0.15) is 5.10 Å². The highest BCUT2D eigenvalue weighted by molar-refractivity contribution is 5.91. The number of H-pyrrole nitrogens is 1. The smallest absolute Gasteiger partial charge is 0.262 e. The standard InChI is InChI=1S/C18H22N4O2/c1-12(23)20-17(18(24)22-21-14-6-2-3-7-14)10-13-11-19-16-9-5-4-8-15(13)16/h4-5,8-9,11,17,19H,2-3,6-7,10H2,1H3,(H,20,23)(H,22,24). The molecule has 1 fully saturated rings. The molecule has 1 aliphatic carbocycles. The molecular weight excluding hydrogens is 304 g/mol. The van der Waals surface area contributed by atoms with Gasteiger partial charge in [-0.25, -0.2) is 5.43 Å². The summed E-state index contributed by atoms with van der Waals surface area (Å²) in [4.78, 5) is 27.1. The van der Waals surface area contributed by atoms with Crippen LogP contribution in [0.4, 0.5) is 0 Å². The molecular formula is C18H22N4O2. The summed E-state index contributed by atoms with van der Waals surface area (Å²) in [5, 5.41) is 7.98. The van der Waals surface area contributed by atoms with Crippen LogP contribution in [0.5, 0.6) is 0 Å². The number of nitrogens with one attached hydrogen (secondary N) is 3. The van der Waals surface area contributed by atoms with Crippen molar-refractivity contribution in [1.82, 2.24) is 15.7 Å². The maximum Gasteiger partial charge on any atom is 0.262 e. The van der Waals surface area contributed by atoms with E-state index >= 15 is 0 Å². The van der Waals surface area contributed by atoms with Crippen molar-refractivity contribution in [2.45, 2.75) is 45.1 Å². The van der Waals surface area contributed by atoms with Gasteiger partial charge in [0.05, 0.1) is 0 Å². The summed E-state index contributed by atoms with van der Waals surface area (Å²) in [5.74, 6) is -0.515. The van der Waals surface area contributed by atoms with Crippen LogP contribution < -0.4 is 10.7 Å². The summed E-state index contributed by atoms with van der Waals surface area (Å²) < 4.78 is 0. The number of fused-ring (bicyclic) bond motifs is 1. The van der Waals surface area contributed by atoms with E-state index in [1.165, 1.54) is 6.92 Å². The lowest BCUT2D eigenvalue weighted by atomic mass is 10.0. The topological polar surface area (TPSA) is 86.3 Å². The highest BCUT2D eigenvalue weighted by Gasteiger charge is 2.21. The fourth-order valence-corrected chi connectivity index (χ4v) is 3.08. The quantitative estimate of drug-likeness (QED) is 0.736. The SMILES string of the molecule is CC(=O)NC(Cc1c[nH]c2ccccc12)C(=O)NN=C1CCCC1. The molecule has 0 bridgehead atoms. The Hall–Kier alpha value is -2.63. The third-order valence-corrected chi connectivity index (χ3v) is 4.30. The number of hydrogen-bond acceptors (Lipinski definition) is 3. The molecule has 1 saturated carbocycles. The van der Waals surface area contributed by atoms with Gasteiger partial charge in [-0.3, -0.25) is 9.59 Å². The predicted molar refractivity (Wildman–Crippen MR) is 93.7 cm³/mol. The van der Waals surface area contributed by atoms with Gasteiger partial charge >= 0.3 is 0 Å². The predicted octanol–water partition coefficient (Wildman–Crippen LogP) is 2.26. The Kier molecular flexibility index (Phi) is 4.93. The number of amides is 2. The third-order valence-electron chi connectivity index (χ3n) is 4.30. The summed E-state index contributed by atoms with van der Waals surface area (Å²) >= 11 is 0. The van der Waals surface area contributed by atoms with Gasteiger partial charge in [0.15, 0.2) is 0 Å². The number of aromatic nitrogens is 1. The zero-order valence-corrected chi connectivity index (χ0v) is 13.8. The Morgan fingerprint density at radius 3 is 2.75 bits per heavy atom. The highest BCUT2D eigenvalue weighted by Crippen LogP contribution is 2.19. The lowest BCUT2D eigenvalue weighted by Crippen LogP contribution is -2.46. The summed E-state index contributed by atoms with van der Waals surface area (Å²) in [5.41, 5.74) is 5.65. The molecule has 3 N–H and O–H groups in total. The summed E-state index contributed by atoms with van der Waals surface area (Å²) in [6.45, 7) is 1.42. The minimum absolute atomic E-state index is 0.233. The Morgan fingerprint density at radius 2 is 2.00 bits per heavy atom. The average molecular weight is 326 g/mol. The number of hydrogen-bond donors (Lipinski definition) is 3. The molecule has 1 aliphatic rings. The second kappa shape index (κ2) is 7.29. The van der Waals surface area contributed by atoms with Gasteiger partial charge in [0, 0.05) is 36.2 Å². The number of carbonyl (C=O) groups is 2. The molecule has 2 amide bonds. The van der Waals surface area contributed by atoms with E-state index < -0.39 is 6.04 Å². The minimum atomic E-state index is -0.646. The molecule has 126 valence electrons. The number of hydrazone groups is 1. The lowest BCUT2D eigenvalue weighted by Gasteiger charge is -2.16.